The zero-order valence-corrected chi connectivity index (χ0v) is 33.8. The molecule has 0 spiro atoms. The Hall–Kier alpha value is -7.00. The number of benzene rings is 9. The van der Waals surface area contributed by atoms with Crippen molar-refractivity contribution in [3.8, 4) is 61.7 Å². The Bertz CT molecular complexity index is 3260. The van der Waals surface area contributed by atoms with Gasteiger partial charge in [-0.2, -0.15) is 5.26 Å². The fourth-order valence-electron chi connectivity index (χ4n) is 9.20. The average molecular weight is 743 g/mol. The van der Waals surface area contributed by atoms with E-state index < -0.39 is 0 Å². The van der Waals surface area contributed by atoms with E-state index in [1.54, 1.807) is 0 Å². The van der Waals surface area contributed by atoms with Crippen LogP contribution in [0.15, 0.2) is 146 Å². The molecule has 9 aromatic rings. The van der Waals surface area contributed by atoms with E-state index in [9.17, 15) is 5.26 Å². The van der Waals surface area contributed by atoms with Crippen molar-refractivity contribution in [1.29, 1.82) is 5.26 Å². The Morgan fingerprint density at radius 1 is 0.414 bits per heavy atom. The molecule has 0 atom stereocenters. The SMILES string of the molecule is [C-]#[N+]c1ccc2c(c1)c(-c1ccc(C(C)(C)C)cc1)cc1c3cc4c(cc3c(-c3ccc(C(C)(C)C)cc3)cc21)-c1cccc2c(-c3ccc(C#N)cc3)ccc-4c12. The second-order valence-electron chi connectivity index (χ2n) is 18.0. The van der Waals surface area contributed by atoms with Crippen LogP contribution in [0.5, 0.6) is 0 Å². The summed E-state index contributed by atoms with van der Waals surface area (Å²) in [6.07, 6.45) is 0. The maximum absolute atomic E-state index is 9.46. The van der Waals surface area contributed by atoms with E-state index in [4.69, 9.17) is 6.57 Å². The van der Waals surface area contributed by atoms with Crippen LogP contribution in [0, 0.1) is 17.9 Å². The lowest BCUT2D eigenvalue weighted by Gasteiger charge is -2.21. The van der Waals surface area contributed by atoms with Gasteiger partial charge in [0.15, 0.2) is 5.69 Å². The van der Waals surface area contributed by atoms with Gasteiger partial charge in [-0.05, 0) is 163 Å². The number of nitriles is 1. The summed E-state index contributed by atoms with van der Waals surface area (Å²) in [4.78, 5) is 3.87. The van der Waals surface area contributed by atoms with E-state index >= 15 is 0 Å². The van der Waals surface area contributed by atoms with Crippen molar-refractivity contribution in [3.05, 3.63) is 174 Å². The molecule has 0 aliphatic heterocycles. The van der Waals surface area contributed by atoms with Crippen molar-refractivity contribution in [2.24, 2.45) is 0 Å². The third-order valence-electron chi connectivity index (χ3n) is 12.4. The van der Waals surface area contributed by atoms with Gasteiger partial charge in [-0.3, -0.25) is 0 Å². The Labute approximate surface area is 340 Å². The molecule has 0 heterocycles. The average Bonchev–Trinajstić information content (AvgIpc) is 3.55. The molecular weight excluding hydrogens is 701 g/mol. The molecule has 10 rings (SSSR count). The zero-order chi connectivity index (χ0) is 40.1. The van der Waals surface area contributed by atoms with Crippen LogP contribution in [0.25, 0.3) is 104 Å². The minimum Gasteiger partial charge on any atom is -0.238 e. The Morgan fingerprint density at radius 3 is 1.45 bits per heavy atom. The molecule has 2 nitrogen and oxygen atoms in total. The molecule has 0 fully saturated rings. The first kappa shape index (κ1) is 35.4. The van der Waals surface area contributed by atoms with Gasteiger partial charge in [0.05, 0.1) is 18.2 Å². The molecule has 0 bridgehead atoms. The summed E-state index contributed by atoms with van der Waals surface area (Å²) in [6.45, 7) is 21.5. The van der Waals surface area contributed by atoms with Crippen LogP contribution >= 0.6 is 0 Å². The van der Waals surface area contributed by atoms with Gasteiger partial charge in [0, 0.05) is 0 Å². The van der Waals surface area contributed by atoms with Crippen molar-refractivity contribution in [2.45, 2.75) is 52.4 Å². The van der Waals surface area contributed by atoms with Gasteiger partial charge in [-0.15, -0.1) is 0 Å². The number of rotatable bonds is 3. The normalized spacial score (nSPS) is 12.3. The van der Waals surface area contributed by atoms with Gasteiger partial charge in [0.25, 0.3) is 0 Å². The predicted molar refractivity (Wildman–Crippen MR) is 246 cm³/mol. The lowest BCUT2D eigenvalue weighted by molar-refractivity contribution is 0.590. The number of fused-ring (bicyclic) bond motifs is 8. The van der Waals surface area contributed by atoms with E-state index in [0.717, 1.165) is 27.5 Å². The Balaban J connectivity index is 1.29. The summed E-state index contributed by atoms with van der Waals surface area (Å²) >= 11 is 0. The van der Waals surface area contributed by atoms with E-state index in [1.807, 2.05) is 18.2 Å². The molecule has 2 heteroatoms. The van der Waals surface area contributed by atoms with Crippen LogP contribution < -0.4 is 0 Å². The van der Waals surface area contributed by atoms with Gasteiger partial charge < -0.3 is 0 Å². The fraction of sp³-hybridized carbons (Fsp3) is 0.143. The van der Waals surface area contributed by atoms with Crippen molar-refractivity contribution in [3.63, 3.8) is 0 Å². The van der Waals surface area contributed by atoms with Crippen molar-refractivity contribution < 1.29 is 0 Å². The predicted octanol–water partition coefficient (Wildman–Crippen LogP) is 16.0. The van der Waals surface area contributed by atoms with E-state index in [2.05, 4.69) is 180 Å². The molecule has 58 heavy (non-hydrogen) atoms. The molecule has 1 aliphatic rings. The summed E-state index contributed by atoms with van der Waals surface area (Å²) in [5.74, 6) is 0. The molecule has 0 saturated heterocycles. The van der Waals surface area contributed by atoms with E-state index in [0.29, 0.717) is 11.3 Å². The van der Waals surface area contributed by atoms with Crippen molar-refractivity contribution >= 4 is 48.8 Å². The van der Waals surface area contributed by atoms with Crippen LogP contribution in [-0.2, 0) is 10.8 Å². The van der Waals surface area contributed by atoms with E-state index in [1.165, 1.54) is 82.4 Å². The summed E-state index contributed by atoms with van der Waals surface area (Å²) in [6, 6.07) is 55.4. The lowest BCUT2D eigenvalue weighted by atomic mass is 9.83. The van der Waals surface area contributed by atoms with Crippen LogP contribution in [0.3, 0.4) is 0 Å². The van der Waals surface area contributed by atoms with Gasteiger partial charge in [-0.25, -0.2) is 4.85 Å². The molecule has 276 valence electrons. The highest BCUT2D eigenvalue weighted by atomic mass is 14.6. The Kier molecular flexibility index (Phi) is 7.79. The second-order valence-corrected chi connectivity index (χ2v) is 18.0. The monoisotopic (exact) mass is 742 g/mol. The van der Waals surface area contributed by atoms with Gasteiger partial charge >= 0.3 is 0 Å². The first-order valence-electron chi connectivity index (χ1n) is 20.1. The van der Waals surface area contributed by atoms with Crippen LogP contribution in [-0.4, -0.2) is 0 Å². The summed E-state index contributed by atoms with van der Waals surface area (Å²) < 4.78 is 0. The fourth-order valence-corrected chi connectivity index (χ4v) is 9.20. The molecule has 0 radical (unpaired) electrons. The largest absolute Gasteiger partial charge is 0.238 e. The second kappa shape index (κ2) is 12.8. The first-order valence-corrected chi connectivity index (χ1v) is 20.1. The third kappa shape index (κ3) is 5.52. The maximum atomic E-state index is 9.46. The van der Waals surface area contributed by atoms with Gasteiger partial charge in [0.2, 0.25) is 0 Å². The topological polar surface area (TPSA) is 28.1 Å². The van der Waals surface area contributed by atoms with Crippen molar-refractivity contribution in [2.75, 3.05) is 0 Å². The molecular formula is C56H42N2. The molecule has 1 aliphatic carbocycles. The standard InChI is InChI=1S/C56H42N2/c1-55(2,3)37-19-15-35(16-20-37)45-29-52-48(41-24-23-39(58-7)27-47(41)45)28-46(36-17-21-38(22-18-36)56(4,5)6)51-30-49-43-10-8-9-42-40(34-13-11-33(32-57)12-14-34)25-26-44(54(42)43)50(49)31-53(51)52/h8-31H,1-6H3. The minimum absolute atomic E-state index is 0.0442. The number of hydrogen-bond acceptors (Lipinski definition) is 1. The summed E-state index contributed by atoms with van der Waals surface area (Å²) in [5, 5.41) is 19.0. The smallest absolute Gasteiger partial charge is 0.187 e. The van der Waals surface area contributed by atoms with Crippen LogP contribution in [0.2, 0.25) is 0 Å². The molecule has 0 saturated carbocycles. The minimum atomic E-state index is 0.0442. The third-order valence-corrected chi connectivity index (χ3v) is 12.4. The van der Waals surface area contributed by atoms with Gasteiger partial charge in [0.1, 0.15) is 0 Å². The Morgan fingerprint density at radius 2 is 0.879 bits per heavy atom. The van der Waals surface area contributed by atoms with E-state index in [-0.39, 0.29) is 10.8 Å². The van der Waals surface area contributed by atoms with Gasteiger partial charge in [-0.1, -0.05) is 145 Å². The molecule has 0 aromatic heterocycles. The van der Waals surface area contributed by atoms with Crippen LogP contribution in [0.4, 0.5) is 5.69 Å². The van der Waals surface area contributed by atoms with Crippen LogP contribution in [0.1, 0.15) is 58.2 Å². The number of hydrogen-bond donors (Lipinski definition) is 0. The summed E-state index contributed by atoms with van der Waals surface area (Å²) in [5.41, 5.74) is 15.9. The maximum Gasteiger partial charge on any atom is 0.187 e. The molecule has 0 unspecified atom stereocenters. The highest BCUT2D eigenvalue weighted by molar-refractivity contribution is 6.27. The molecule has 0 N–H and O–H groups in total. The first-order chi connectivity index (χ1) is 27.9. The molecule has 9 aromatic carbocycles. The lowest BCUT2D eigenvalue weighted by Crippen LogP contribution is -2.10. The summed E-state index contributed by atoms with van der Waals surface area (Å²) in [7, 11) is 0. The number of nitrogens with zero attached hydrogens (tertiary/aromatic N) is 2. The highest BCUT2D eigenvalue weighted by Crippen LogP contribution is 2.53. The zero-order valence-electron chi connectivity index (χ0n) is 33.8. The quantitative estimate of drug-likeness (QED) is 0.131. The highest BCUT2D eigenvalue weighted by Gasteiger charge is 2.26. The molecule has 0 amide bonds. The van der Waals surface area contributed by atoms with Crippen molar-refractivity contribution in [1.82, 2.24) is 0 Å².